The van der Waals surface area contributed by atoms with E-state index in [1.54, 1.807) is 41.3 Å². The number of nitrogens with zero attached hydrogens (tertiary/aromatic N) is 6. The van der Waals surface area contributed by atoms with Gasteiger partial charge in [-0.05, 0) is 13.0 Å². The van der Waals surface area contributed by atoms with E-state index in [0.29, 0.717) is 22.1 Å². The first-order chi connectivity index (χ1) is 17.8. The van der Waals surface area contributed by atoms with Crippen LogP contribution in [0.5, 0.6) is 0 Å². The van der Waals surface area contributed by atoms with Gasteiger partial charge < -0.3 is 21.0 Å². The molecule has 2 aliphatic heterocycles. The summed E-state index contributed by atoms with van der Waals surface area (Å²) < 4.78 is 3.40. The van der Waals surface area contributed by atoms with E-state index in [-0.39, 0.29) is 35.4 Å². The van der Waals surface area contributed by atoms with Crippen molar-refractivity contribution in [1.82, 2.24) is 24.8 Å². The Hall–Kier alpha value is -3.69. The number of carboxylic acids is 1. The van der Waals surface area contributed by atoms with Crippen LogP contribution in [0.3, 0.4) is 0 Å². The smallest absolute Gasteiger partial charge is 0.352 e. The van der Waals surface area contributed by atoms with E-state index in [2.05, 4.69) is 20.6 Å². The van der Waals surface area contributed by atoms with Gasteiger partial charge in [0.1, 0.15) is 42.2 Å². The number of aliphatic carboxylic acids is 1. The molecule has 0 aliphatic carbocycles. The van der Waals surface area contributed by atoms with E-state index in [1.807, 2.05) is 4.57 Å². The largest absolute Gasteiger partial charge is 0.477 e. The van der Waals surface area contributed by atoms with E-state index >= 15 is 0 Å². The van der Waals surface area contributed by atoms with E-state index in [0.717, 1.165) is 11.3 Å². The summed E-state index contributed by atoms with van der Waals surface area (Å²) >= 11 is 8.44. The number of hydrogen-bond donors (Lipinski definition) is 3. The minimum atomic E-state index is -1.22. The lowest BCUT2D eigenvalue weighted by atomic mass is 10.0. The number of nitrogens with two attached hydrogens (primary N) is 1. The van der Waals surface area contributed by atoms with Crippen molar-refractivity contribution in [3.05, 3.63) is 52.0 Å². The first kappa shape index (κ1) is 25.0. The molecule has 0 saturated carbocycles. The Morgan fingerprint density at radius 3 is 2.95 bits per heavy atom. The number of thioether (sulfide) groups is 1. The average molecular weight is 564 g/mol. The second kappa shape index (κ2) is 9.99. The van der Waals surface area contributed by atoms with Crippen LogP contribution < -0.4 is 15.6 Å². The van der Waals surface area contributed by atoms with Crippen molar-refractivity contribution >= 4 is 69.0 Å². The molecule has 0 bridgehead atoms. The van der Waals surface area contributed by atoms with Gasteiger partial charge in [-0.2, -0.15) is 0 Å². The van der Waals surface area contributed by atoms with Gasteiger partial charge >= 0.3 is 11.6 Å². The standard InChI is InChI=1S/C21H19ClN8O5S2/c1-2-35-27-14(11-9-37-21(23)24-11)17(31)25-15-18(32)30-16(20(33)34)10(8-36-19(15)30)7-28-5-6-29-13(28)4-3-12(22)26-29/h3-6,9,15,19H,2,7-8H2,1H3,(H3-,23,24,25,31,33,34)/p+1/b27-14+/t15-,19-/m1/s1. The molecule has 0 aromatic carbocycles. The van der Waals surface area contributed by atoms with Crippen LogP contribution in [0.2, 0.25) is 5.15 Å². The predicted molar refractivity (Wildman–Crippen MR) is 135 cm³/mol. The number of hydrogen-bond acceptors (Lipinski definition) is 10. The topological polar surface area (TPSA) is 168 Å². The highest BCUT2D eigenvalue weighted by molar-refractivity contribution is 8.00. The Morgan fingerprint density at radius 1 is 1.43 bits per heavy atom. The Bertz CT molecular complexity index is 1480. The summed E-state index contributed by atoms with van der Waals surface area (Å²) in [4.78, 5) is 48.6. The lowest BCUT2D eigenvalue weighted by molar-refractivity contribution is -0.662. The molecule has 5 heterocycles. The summed E-state index contributed by atoms with van der Waals surface area (Å²) in [6, 6.07) is 2.47. The Balaban J connectivity index is 1.37. The van der Waals surface area contributed by atoms with Gasteiger partial charge in [-0.25, -0.2) is 14.3 Å². The van der Waals surface area contributed by atoms with Crippen LogP contribution in [0.15, 0.2) is 46.3 Å². The molecule has 0 unspecified atom stereocenters. The number of aromatic nitrogens is 4. The fourth-order valence-electron chi connectivity index (χ4n) is 4.05. The third kappa shape index (κ3) is 4.60. The third-order valence-electron chi connectivity index (χ3n) is 5.65. The molecule has 2 amide bonds. The summed E-state index contributed by atoms with van der Waals surface area (Å²) in [6.45, 7) is 2.16. The lowest BCUT2D eigenvalue weighted by Gasteiger charge is -2.49. The number of nitrogen functional groups attached to an aromatic ring is 1. The van der Waals surface area contributed by atoms with Crippen molar-refractivity contribution in [2.45, 2.75) is 24.9 Å². The first-order valence-corrected chi connectivity index (χ1v) is 13.2. The van der Waals surface area contributed by atoms with Gasteiger partial charge in [0.25, 0.3) is 11.8 Å². The zero-order valence-electron chi connectivity index (χ0n) is 19.2. The summed E-state index contributed by atoms with van der Waals surface area (Å²) in [5.74, 6) is -2.09. The molecule has 0 spiro atoms. The molecule has 13 nitrogen and oxygen atoms in total. The van der Waals surface area contributed by atoms with Crippen LogP contribution in [0.25, 0.3) is 5.65 Å². The van der Waals surface area contributed by atoms with Crippen molar-refractivity contribution in [2.75, 3.05) is 18.1 Å². The fourth-order valence-corrected chi connectivity index (χ4v) is 6.08. The molecule has 3 aromatic heterocycles. The zero-order valence-corrected chi connectivity index (χ0v) is 21.6. The number of thiazole rings is 1. The molecule has 16 heteroatoms. The van der Waals surface area contributed by atoms with E-state index in [1.165, 1.54) is 16.7 Å². The quantitative estimate of drug-likeness (QED) is 0.153. The second-order valence-corrected chi connectivity index (χ2v) is 10.3. The number of anilines is 1. The van der Waals surface area contributed by atoms with Crippen LogP contribution >= 0.6 is 34.7 Å². The second-order valence-electron chi connectivity index (χ2n) is 7.93. The number of nitrogens with one attached hydrogen (secondary N) is 1. The molecular weight excluding hydrogens is 544 g/mol. The summed E-state index contributed by atoms with van der Waals surface area (Å²) in [7, 11) is 0. The minimum Gasteiger partial charge on any atom is -0.477 e. The maximum Gasteiger partial charge on any atom is 0.352 e. The van der Waals surface area contributed by atoms with Crippen LogP contribution in [-0.4, -0.2) is 71.9 Å². The maximum absolute atomic E-state index is 13.1. The molecule has 0 radical (unpaired) electrons. The van der Waals surface area contributed by atoms with Crippen LogP contribution in [0.1, 0.15) is 12.6 Å². The number of halogens is 1. The minimum absolute atomic E-state index is 0.0940. The van der Waals surface area contributed by atoms with Gasteiger partial charge in [0.05, 0.1) is 0 Å². The number of amides is 2. The SMILES string of the molecule is CCO/N=C(/C(=O)N[C@@H]1C(=O)N2C(C(=O)O)=C(C[n+]3ccn4nc(Cl)ccc43)CS[C@H]12)c1csc(N)n1. The highest BCUT2D eigenvalue weighted by Crippen LogP contribution is 2.40. The van der Waals surface area contributed by atoms with Gasteiger partial charge in [0.15, 0.2) is 22.2 Å². The number of fused-ring (bicyclic) bond motifs is 2. The normalized spacial score (nSPS) is 19.6. The first-order valence-electron chi connectivity index (χ1n) is 10.9. The molecule has 192 valence electrons. The van der Waals surface area contributed by atoms with Crippen LogP contribution in [0.4, 0.5) is 5.13 Å². The maximum atomic E-state index is 13.1. The number of imidazole rings is 1. The van der Waals surface area contributed by atoms with Gasteiger partial charge in [-0.1, -0.05) is 26.4 Å². The lowest BCUT2D eigenvalue weighted by Crippen LogP contribution is -2.71. The number of carbonyl (C=O) groups is 3. The van der Waals surface area contributed by atoms with E-state index in [4.69, 9.17) is 22.2 Å². The van der Waals surface area contributed by atoms with Gasteiger partial charge in [0.2, 0.25) is 0 Å². The van der Waals surface area contributed by atoms with Crippen molar-refractivity contribution < 1.29 is 28.9 Å². The number of oxime groups is 1. The monoisotopic (exact) mass is 563 g/mol. The molecule has 2 atom stereocenters. The predicted octanol–water partition coefficient (Wildman–Crippen LogP) is 0.493. The molecule has 37 heavy (non-hydrogen) atoms. The fraction of sp³-hybridized carbons (Fsp3) is 0.286. The molecular formula is C21H20ClN8O5S2+. The Labute approximate surface area is 222 Å². The summed E-state index contributed by atoms with van der Waals surface area (Å²) in [5, 5.41) is 22.2. The van der Waals surface area contributed by atoms with Gasteiger partial charge in [-0.15, -0.1) is 23.1 Å². The van der Waals surface area contributed by atoms with Crippen LogP contribution in [-0.2, 0) is 25.8 Å². The Morgan fingerprint density at radius 2 is 2.24 bits per heavy atom. The number of carbonyl (C=O) groups excluding carboxylic acids is 2. The van der Waals surface area contributed by atoms with Crippen LogP contribution in [0, 0.1) is 0 Å². The van der Waals surface area contributed by atoms with Gasteiger partial charge in [0, 0.05) is 22.8 Å². The van der Waals surface area contributed by atoms with Crippen molar-refractivity contribution in [3.63, 3.8) is 0 Å². The summed E-state index contributed by atoms with van der Waals surface area (Å²) in [5.41, 5.74) is 6.94. The molecule has 1 saturated heterocycles. The average Bonchev–Trinajstić information content (AvgIpc) is 3.47. The van der Waals surface area contributed by atoms with Crippen molar-refractivity contribution in [1.29, 1.82) is 0 Å². The molecule has 5 rings (SSSR count). The molecule has 2 aliphatic rings. The number of carboxylic acid groups (broad SMARTS) is 1. The third-order valence-corrected chi connectivity index (χ3v) is 7.87. The number of rotatable bonds is 8. The molecule has 1 fully saturated rings. The summed E-state index contributed by atoms with van der Waals surface area (Å²) in [6.07, 6.45) is 3.46. The molecule has 3 aromatic rings. The Kier molecular flexibility index (Phi) is 6.74. The van der Waals surface area contributed by atoms with Crippen molar-refractivity contribution in [3.8, 4) is 0 Å². The zero-order chi connectivity index (χ0) is 26.3. The van der Waals surface area contributed by atoms with Gasteiger partial charge in [-0.3, -0.25) is 14.5 Å². The van der Waals surface area contributed by atoms with Crippen molar-refractivity contribution in [2.24, 2.45) is 5.16 Å². The van der Waals surface area contributed by atoms with E-state index < -0.39 is 29.2 Å². The highest BCUT2D eigenvalue weighted by atomic mass is 35.5. The molecule has 4 N–H and O–H groups in total. The highest BCUT2D eigenvalue weighted by Gasteiger charge is 2.54. The number of β-lactam (4-membered cyclic amide) rings is 1. The van der Waals surface area contributed by atoms with E-state index in [9.17, 15) is 19.5 Å².